The zero-order chi connectivity index (χ0) is 9.68. The van der Waals surface area contributed by atoms with E-state index in [2.05, 4.69) is 0 Å². The number of benzene rings is 1. The first-order valence-corrected chi connectivity index (χ1v) is 4.18. The molecule has 3 heteroatoms. The van der Waals surface area contributed by atoms with Crippen LogP contribution in [0.4, 0.5) is 0 Å². The molecule has 0 bridgehead atoms. The first-order valence-electron chi connectivity index (χ1n) is 4.18. The van der Waals surface area contributed by atoms with Crippen LogP contribution in [-0.4, -0.2) is 30.5 Å². The molecule has 0 heterocycles. The highest BCUT2D eigenvalue weighted by Crippen LogP contribution is 2.25. The number of aliphatic hydroxyl groups is 2. The number of methoxy groups -OCH3 is 1. The van der Waals surface area contributed by atoms with Crippen molar-refractivity contribution in [1.82, 2.24) is 0 Å². The Hall–Kier alpha value is -1.06. The van der Waals surface area contributed by atoms with E-state index < -0.39 is 0 Å². The molecule has 2 N–H and O–H groups in total. The minimum Gasteiger partial charge on any atom is -0.496 e. The summed E-state index contributed by atoms with van der Waals surface area (Å²) in [6.45, 7) is -0.145. The van der Waals surface area contributed by atoms with E-state index in [0.717, 1.165) is 5.56 Å². The van der Waals surface area contributed by atoms with Gasteiger partial charge in [-0.05, 0) is 6.07 Å². The number of hydrogen-bond donors (Lipinski definition) is 2. The third-order valence-electron chi connectivity index (χ3n) is 2.02. The van der Waals surface area contributed by atoms with E-state index in [1.807, 2.05) is 24.3 Å². The lowest BCUT2D eigenvalue weighted by molar-refractivity contribution is 0.190. The van der Waals surface area contributed by atoms with Gasteiger partial charge in [-0.2, -0.15) is 0 Å². The largest absolute Gasteiger partial charge is 0.496 e. The predicted molar refractivity (Wildman–Crippen MR) is 49.9 cm³/mol. The summed E-state index contributed by atoms with van der Waals surface area (Å²) < 4.78 is 5.11. The first-order chi connectivity index (χ1) is 6.33. The zero-order valence-electron chi connectivity index (χ0n) is 7.60. The van der Waals surface area contributed by atoms with E-state index in [0.29, 0.717) is 5.75 Å². The van der Waals surface area contributed by atoms with Gasteiger partial charge in [0.25, 0.3) is 0 Å². The maximum atomic E-state index is 8.98. The van der Waals surface area contributed by atoms with Crippen molar-refractivity contribution >= 4 is 0 Å². The summed E-state index contributed by atoms with van der Waals surface area (Å²) in [5, 5.41) is 18.0. The molecule has 0 aliphatic carbocycles. The van der Waals surface area contributed by atoms with Crippen molar-refractivity contribution < 1.29 is 14.9 Å². The Morgan fingerprint density at radius 1 is 1.23 bits per heavy atom. The average molecular weight is 182 g/mol. The molecule has 0 aromatic heterocycles. The highest BCUT2D eigenvalue weighted by Gasteiger charge is 2.13. The molecule has 0 aliphatic heterocycles. The summed E-state index contributed by atoms with van der Waals surface area (Å²) >= 11 is 0. The van der Waals surface area contributed by atoms with Crippen molar-refractivity contribution in [2.45, 2.75) is 5.92 Å². The Balaban J connectivity index is 2.96. The zero-order valence-corrected chi connectivity index (χ0v) is 7.60. The number of para-hydroxylation sites is 1. The van der Waals surface area contributed by atoms with Crippen molar-refractivity contribution in [3.8, 4) is 5.75 Å². The van der Waals surface area contributed by atoms with Gasteiger partial charge in [-0.3, -0.25) is 0 Å². The molecule has 3 nitrogen and oxygen atoms in total. The van der Waals surface area contributed by atoms with Crippen molar-refractivity contribution in [2.24, 2.45) is 0 Å². The molecule has 0 saturated heterocycles. The monoisotopic (exact) mass is 182 g/mol. The molecule has 13 heavy (non-hydrogen) atoms. The molecule has 1 aromatic rings. The topological polar surface area (TPSA) is 49.7 Å². The Morgan fingerprint density at radius 3 is 2.38 bits per heavy atom. The Morgan fingerprint density at radius 2 is 1.85 bits per heavy atom. The second-order valence-corrected chi connectivity index (χ2v) is 2.80. The standard InChI is InChI=1S/C10H14O3/c1-13-10-5-3-2-4-9(10)8(6-11)7-12/h2-5,8,11-12H,6-7H2,1H3. The molecule has 0 atom stereocenters. The van der Waals surface area contributed by atoms with Gasteiger partial charge < -0.3 is 14.9 Å². The van der Waals surface area contributed by atoms with Crippen molar-refractivity contribution in [1.29, 1.82) is 0 Å². The number of hydrogen-bond acceptors (Lipinski definition) is 3. The Bertz CT molecular complexity index is 256. The van der Waals surface area contributed by atoms with E-state index in [4.69, 9.17) is 14.9 Å². The molecule has 0 aliphatic rings. The molecule has 0 amide bonds. The average Bonchev–Trinajstić information content (AvgIpc) is 2.20. The van der Waals surface area contributed by atoms with Gasteiger partial charge in [0.05, 0.1) is 20.3 Å². The van der Waals surface area contributed by atoms with Crippen molar-refractivity contribution in [2.75, 3.05) is 20.3 Å². The molecule has 1 aromatic carbocycles. The summed E-state index contributed by atoms with van der Waals surface area (Å²) in [5.41, 5.74) is 0.843. The predicted octanol–water partition coefficient (Wildman–Crippen LogP) is 0.763. The molecular weight excluding hydrogens is 168 g/mol. The summed E-state index contributed by atoms with van der Waals surface area (Å²) in [4.78, 5) is 0. The first kappa shape index (κ1) is 10.0. The van der Waals surface area contributed by atoms with Gasteiger partial charge >= 0.3 is 0 Å². The summed E-state index contributed by atoms with van der Waals surface area (Å²) in [6.07, 6.45) is 0. The third-order valence-corrected chi connectivity index (χ3v) is 2.02. The summed E-state index contributed by atoms with van der Waals surface area (Å²) in [6, 6.07) is 7.37. The van der Waals surface area contributed by atoms with E-state index in [-0.39, 0.29) is 19.1 Å². The van der Waals surface area contributed by atoms with Gasteiger partial charge in [0.2, 0.25) is 0 Å². The van der Waals surface area contributed by atoms with Gasteiger partial charge in [0.15, 0.2) is 0 Å². The maximum Gasteiger partial charge on any atom is 0.122 e. The number of ether oxygens (including phenoxy) is 1. The summed E-state index contributed by atoms with van der Waals surface area (Å²) in [7, 11) is 1.57. The van der Waals surface area contributed by atoms with Gasteiger partial charge in [-0.15, -0.1) is 0 Å². The van der Waals surface area contributed by atoms with Crippen LogP contribution in [0.1, 0.15) is 11.5 Å². The molecule has 0 unspecified atom stereocenters. The van der Waals surface area contributed by atoms with Gasteiger partial charge in [-0.1, -0.05) is 18.2 Å². The van der Waals surface area contributed by atoms with Crippen molar-refractivity contribution in [3.05, 3.63) is 29.8 Å². The highest BCUT2D eigenvalue weighted by atomic mass is 16.5. The molecule has 1 rings (SSSR count). The van der Waals surface area contributed by atoms with Gasteiger partial charge in [0.1, 0.15) is 5.75 Å². The highest BCUT2D eigenvalue weighted by molar-refractivity contribution is 5.36. The van der Waals surface area contributed by atoms with Crippen LogP contribution in [0.3, 0.4) is 0 Å². The molecule has 0 spiro atoms. The normalized spacial score (nSPS) is 10.5. The number of aliphatic hydroxyl groups excluding tert-OH is 2. The lowest BCUT2D eigenvalue weighted by Gasteiger charge is -2.14. The summed E-state index contributed by atoms with van der Waals surface area (Å²) in [5.74, 6) is 0.451. The Kier molecular flexibility index (Phi) is 3.73. The van der Waals surface area contributed by atoms with E-state index >= 15 is 0 Å². The molecule has 0 radical (unpaired) electrons. The lowest BCUT2D eigenvalue weighted by Crippen LogP contribution is -2.09. The van der Waals surface area contributed by atoms with E-state index in [9.17, 15) is 0 Å². The third kappa shape index (κ3) is 2.20. The fourth-order valence-electron chi connectivity index (χ4n) is 1.26. The van der Waals surface area contributed by atoms with Gasteiger partial charge in [0, 0.05) is 11.5 Å². The van der Waals surface area contributed by atoms with Crippen LogP contribution in [0.2, 0.25) is 0 Å². The SMILES string of the molecule is COc1ccccc1C(CO)CO. The van der Waals surface area contributed by atoms with Crippen molar-refractivity contribution in [3.63, 3.8) is 0 Å². The second-order valence-electron chi connectivity index (χ2n) is 2.80. The lowest BCUT2D eigenvalue weighted by atomic mass is 10.00. The van der Waals surface area contributed by atoms with Crippen LogP contribution < -0.4 is 4.74 Å². The van der Waals surface area contributed by atoms with E-state index in [1.165, 1.54) is 0 Å². The minimum atomic E-state index is -0.254. The fourth-order valence-corrected chi connectivity index (χ4v) is 1.26. The molecular formula is C10H14O3. The molecule has 0 fully saturated rings. The smallest absolute Gasteiger partial charge is 0.122 e. The minimum absolute atomic E-state index is 0.0725. The van der Waals surface area contributed by atoms with Crippen LogP contribution in [0.15, 0.2) is 24.3 Å². The van der Waals surface area contributed by atoms with Crippen LogP contribution in [-0.2, 0) is 0 Å². The second kappa shape index (κ2) is 4.84. The fraction of sp³-hybridized carbons (Fsp3) is 0.400. The maximum absolute atomic E-state index is 8.98. The van der Waals surface area contributed by atoms with Crippen LogP contribution in [0, 0.1) is 0 Å². The number of rotatable bonds is 4. The van der Waals surface area contributed by atoms with Crippen LogP contribution in [0.5, 0.6) is 5.75 Å². The Labute approximate surface area is 77.6 Å². The van der Waals surface area contributed by atoms with Gasteiger partial charge in [-0.25, -0.2) is 0 Å². The molecule has 0 saturated carbocycles. The van der Waals surface area contributed by atoms with E-state index in [1.54, 1.807) is 7.11 Å². The van der Waals surface area contributed by atoms with Crippen LogP contribution in [0.25, 0.3) is 0 Å². The molecule has 72 valence electrons. The quantitative estimate of drug-likeness (QED) is 0.723. The van der Waals surface area contributed by atoms with Crippen LogP contribution >= 0.6 is 0 Å².